The van der Waals surface area contributed by atoms with Gasteiger partial charge in [0.25, 0.3) is 0 Å². The molecule has 0 aliphatic carbocycles. The van der Waals surface area contributed by atoms with Gasteiger partial charge in [-0.05, 0) is 29.7 Å². The summed E-state index contributed by atoms with van der Waals surface area (Å²) in [7, 11) is 0. The number of aryl methyl sites for hydroxylation is 2. The van der Waals surface area contributed by atoms with Crippen LogP contribution >= 0.6 is 0 Å². The second kappa shape index (κ2) is 5.67. The molecule has 1 aromatic carbocycles. The number of hydrogen-bond donors (Lipinski definition) is 0. The monoisotopic (exact) mass is 242 g/mol. The average molecular weight is 242 g/mol. The number of ketones is 1. The highest BCUT2D eigenvalue weighted by Gasteiger charge is 2.11. The quantitative estimate of drug-likeness (QED) is 0.746. The molecule has 1 aromatic heterocycles. The van der Waals surface area contributed by atoms with Gasteiger partial charge in [-0.15, -0.1) is 0 Å². The first kappa shape index (κ1) is 12.6. The smallest absolute Gasteiger partial charge is 0.202 e. The maximum absolute atomic E-state index is 12.0. The molecule has 0 N–H and O–H groups in total. The van der Waals surface area contributed by atoms with Crippen LogP contribution in [0.25, 0.3) is 0 Å². The molecule has 0 fully saturated rings. The Bertz CT molecular complexity index is 520. The van der Waals surface area contributed by atoms with Crippen LogP contribution in [0.15, 0.2) is 40.8 Å². The molecule has 2 rings (SSSR count). The van der Waals surface area contributed by atoms with Crippen LogP contribution in [0.2, 0.25) is 0 Å². The van der Waals surface area contributed by atoms with Crippen LogP contribution in [0, 0.1) is 0 Å². The third kappa shape index (κ3) is 2.89. The van der Waals surface area contributed by atoms with Crippen molar-refractivity contribution in [2.75, 3.05) is 0 Å². The predicted octanol–water partition coefficient (Wildman–Crippen LogP) is 3.83. The highest BCUT2D eigenvalue weighted by atomic mass is 16.3. The van der Waals surface area contributed by atoms with E-state index >= 15 is 0 Å². The molecule has 0 amide bonds. The average Bonchev–Trinajstić information content (AvgIpc) is 2.88. The van der Waals surface area contributed by atoms with Gasteiger partial charge in [-0.25, -0.2) is 0 Å². The Morgan fingerprint density at radius 3 is 2.17 bits per heavy atom. The van der Waals surface area contributed by atoms with Crippen molar-refractivity contribution in [2.24, 2.45) is 0 Å². The van der Waals surface area contributed by atoms with Crippen LogP contribution in [0.1, 0.15) is 41.3 Å². The van der Waals surface area contributed by atoms with Gasteiger partial charge in [0.1, 0.15) is 5.76 Å². The molecule has 18 heavy (non-hydrogen) atoms. The molecule has 0 radical (unpaired) electrons. The number of rotatable bonds is 5. The molecular weight excluding hydrogens is 224 g/mol. The number of benzene rings is 1. The van der Waals surface area contributed by atoms with Gasteiger partial charge in [-0.3, -0.25) is 4.79 Å². The number of Topliss-reactive ketones (excluding diaryl/α,β-unsaturated/α-hetero) is 1. The lowest BCUT2D eigenvalue weighted by Crippen LogP contribution is -2.02. The first-order chi connectivity index (χ1) is 8.72. The summed E-state index contributed by atoms with van der Waals surface area (Å²) in [4.78, 5) is 12.0. The zero-order valence-electron chi connectivity index (χ0n) is 10.9. The summed E-state index contributed by atoms with van der Waals surface area (Å²) < 4.78 is 5.46. The van der Waals surface area contributed by atoms with Gasteiger partial charge in [0.15, 0.2) is 5.76 Å². The van der Waals surface area contributed by atoms with E-state index in [1.54, 1.807) is 6.07 Å². The molecule has 0 saturated heterocycles. The van der Waals surface area contributed by atoms with Crippen molar-refractivity contribution in [3.8, 4) is 0 Å². The fourth-order valence-electron chi connectivity index (χ4n) is 1.88. The molecule has 0 atom stereocenters. The van der Waals surface area contributed by atoms with Crippen molar-refractivity contribution in [3.05, 3.63) is 59.0 Å². The Morgan fingerprint density at radius 1 is 0.944 bits per heavy atom. The Balaban J connectivity index is 2.06. The van der Waals surface area contributed by atoms with Gasteiger partial charge in [-0.1, -0.05) is 38.1 Å². The van der Waals surface area contributed by atoms with E-state index in [9.17, 15) is 4.79 Å². The van der Waals surface area contributed by atoms with E-state index in [1.165, 1.54) is 5.56 Å². The predicted molar refractivity (Wildman–Crippen MR) is 71.9 cm³/mol. The fourth-order valence-corrected chi connectivity index (χ4v) is 1.88. The first-order valence-electron chi connectivity index (χ1n) is 6.42. The third-order valence-corrected chi connectivity index (χ3v) is 3.08. The minimum atomic E-state index is 0.0407. The normalized spacial score (nSPS) is 10.6. The minimum Gasteiger partial charge on any atom is -0.458 e. The van der Waals surface area contributed by atoms with E-state index in [1.807, 2.05) is 25.1 Å². The fraction of sp³-hybridized carbons (Fsp3) is 0.312. The molecular formula is C16H18O2. The molecule has 0 saturated carbocycles. The summed E-state index contributed by atoms with van der Waals surface area (Å²) >= 11 is 0. The lowest BCUT2D eigenvalue weighted by atomic mass is 10.0. The van der Waals surface area contributed by atoms with Crippen LogP contribution in [0.3, 0.4) is 0 Å². The van der Waals surface area contributed by atoms with Crippen LogP contribution in [0.5, 0.6) is 0 Å². The second-order valence-corrected chi connectivity index (χ2v) is 4.39. The van der Waals surface area contributed by atoms with E-state index in [0.717, 1.165) is 24.2 Å². The molecule has 0 spiro atoms. The molecule has 2 aromatic rings. The van der Waals surface area contributed by atoms with E-state index in [2.05, 4.69) is 19.1 Å². The SMILES string of the molecule is CCc1ccc(CC(=O)c2ccc(CC)o2)cc1. The zero-order valence-corrected chi connectivity index (χ0v) is 10.9. The summed E-state index contributed by atoms with van der Waals surface area (Å²) in [5.41, 5.74) is 2.32. The second-order valence-electron chi connectivity index (χ2n) is 4.39. The number of carbonyl (C=O) groups excluding carboxylic acids is 1. The van der Waals surface area contributed by atoms with Gasteiger partial charge in [-0.2, -0.15) is 0 Å². The largest absolute Gasteiger partial charge is 0.458 e. The van der Waals surface area contributed by atoms with Gasteiger partial charge >= 0.3 is 0 Å². The molecule has 0 bridgehead atoms. The van der Waals surface area contributed by atoms with E-state index < -0.39 is 0 Å². The van der Waals surface area contributed by atoms with Gasteiger partial charge < -0.3 is 4.42 Å². The molecule has 0 unspecified atom stereocenters. The highest BCUT2D eigenvalue weighted by molar-refractivity contribution is 5.95. The van der Waals surface area contributed by atoms with Crippen molar-refractivity contribution in [1.29, 1.82) is 0 Å². The Labute approximate surface area is 108 Å². The molecule has 2 heteroatoms. The topological polar surface area (TPSA) is 30.2 Å². The molecule has 2 nitrogen and oxygen atoms in total. The lowest BCUT2D eigenvalue weighted by molar-refractivity contribution is 0.0965. The van der Waals surface area contributed by atoms with Crippen molar-refractivity contribution in [2.45, 2.75) is 33.1 Å². The van der Waals surface area contributed by atoms with Gasteiger partial charge in [0, 0.05) is 12.8 Å². The zero-order chi connectivity index (χ0) is 13.0. The summed E-state index contributed by atoms with van der Waals surface area (Å²) in [6, 6.07) is 11.8. The first-order valence-corrected chi connectivity index (χ1v) is 6.42. The van der Waals surface area contributed by atoms with Crippen LogP contribution in [-0.2, 0) is 19.3 Å². The van der Waals surface area contributed by atoms with Crippen molar-refractivity contribution in [3.63, 3.8) is 0 Å². The van der Waals surface area contributed by atoms with E-state index in [0.29, 0.717) is 12.2 Å². The van der Waals surface area contributed by atoms with Gasteiger partial charge in [0.2, 0.25) is 5.78 Å². The Kier molecular flexibility index (Phi) is 3.98. The standard InChI is InChI=1S/C16H18O2/c1-3-12-5-7-13(8-6-12)11-15(17)16-10-9-14(4-2)18-16/h5-10H,3-4,11H2,1-2H3. The molecule has 0 aliphatic rings. The minimum absolute atomic E-state index is 0.0407. The summed E-state index contributed by atoms with van der Waals surface area (Å²) in [5.74, 6) is 1.37. The van der Waals surface area contributed by atoms with Crippen molar-refractivity contribution in [1.82, 2.24) is 0 Å². The van der Waals surface area contributed by atoms with Gasteiger partial charge in [0.05, 0.1) is 0 Å². The molecule has 1 heterocycles. The van der Waals surface area contributed by atoms with Crippen LogP contribution in [-0.4, -0.2) is 5.78 Å². The summed E-state index contributed by atoms with van der Waals surface area (Å²) in [6.45, 7) is 4.13. The highest BCUT2D eigenvalue weighted by Crippen LogP contribution is 2.13. The summed E-state index contributed by atoms with van der Waals surface area (Å²) in [5, 5.41) is 0. The Hall–Kier alpha value is -1.83. The van der Waals surface area contributed by atoms with Crippen LogP contribution < -0.4 is 0 Å². The number of furan rings is 1. The van der Waals surface area contributed by atoms with E-state index in [-0.39, 0.29) is 5.78 Å². The van der Waals surface area contributed by atoms with Crippen molar-refractivity contribution >= 4 is 5.78 Å². The summed E-state index contributed by atoms with van der Waals surface area (Å²) in [6.07, 6.45) is 2.24. The number of hydrogen-bond acceptors (Lipinski definition) is 2. The van der Waals surface area contributed by atoms with Crippen molar-refractivity contribution < 1.29 is 9.21 Å². The molecule has 94 valence electrons. The number of carbonyl (C=O) groups is 1. The van der Waals surface area contributed by atoms with Crippen LogP contribution in [0.4, 0.5) is 0 Å². The van der Waals surface area contributed by atoms with E-state index in [4.69, 9.17) is 4.42 Å². The lowest BCUT2D eigenvalue weighted by Gasteiger charge is -2.01. The molecule has 0 aliphatic heterocycles. The third-order valence-electron chi connectivity index (χ3n) is 3.08. The maximum atomic E-state index is 12.0. The Morgan fingerprint density at radius 2 is 1.61 bits per heavy atom. The maximum Gasteiger partial charge on any atom is 0.202 e.